The van der Waals surface area contributed by atoms with E-state index in [0.29, 0.717) is 0 Å². The lowest BCUT2D eigenvalue weighted by Crippen LogP contribution is -2.39. The number of aromatic amines is 2. The van der Waals surface area contributed by atoms with Crippen molar-refractivity contribution in [1.29, 1.82) is 0 Å². The average Bonchev–Trinajstić information content (AvgIpc) is 2.90. The molecular weight excluding hydrogens is 402 g/mol. The number of imide groups is 1. The van der Waals surface area contributed by atoms with Gasteiger partial charge in [0.15, 0.2) is 5.69 Å². The normalized spacial score (nSPS) is 13.8. The van der Waals surface area contributed by atoms with Crippen molar-refractivity contribution in [2.75, 3.05) is 0 Å². The van der Waals surface area contributed by atoms with E-state index in [-0.39, 0.29) is 38.8 Å². The van der Waals surface area contributed by atoms with Gasteiger partial charge in [-0.25, -0.2) is 15.0 Å². The predicted molar refractivity (Wildman–Crippen MR) is 87.7 cm³/mol. The van der Waals surface area contributed by atoms with Gasteiger partial charge in [-0.15, -0.1) is 14.6 Å². The molecule has 1 aliphatic rings. The van der Waals surface area contributed by atoms with Gasteiger partial charge in [0, 0.05) is 0 Å². The molecule has 0 atom stereocenters. The Labute approximate surface area is 157 Å². The number of carbonyl (C=O) groups excluding carboxylic acids is 2. The summed E-state index contributed by atoms with van der Waals surface area (Å²) in [6.07, 6.45) is -2.35. The summed E-state index contributed by atoms with van der Waals surface area (Å²) >= 11 is 0.244. The molecule has 5 N–H and O–H groups in total. The number of aliphatic hydroxyl groups excluding tert-OH is 1. The molecule has 0 spiro atoms. The molecule has 146 valence electrons. The van der Waals surface area contributed by atoms with Crippen LogP contribution in [0.3, 0.4) is 0 Å². The molecule has 0 fully saturated rings. The zero-order chi connectivity index (χ0) is 20.4. The molecule has 3 rings (SSSR count). The third-order valence-corrected chi connectivity index (χ3v) is 4.04. The fourth-order valence-electron chi connectivity index (χ4n) is 2.34. The van der Waals surface area contributed by atoms with Gasteiger partial charge >= 0.3 is 5.69 Å². The van der Waals surface area contributed by atoms with Gasteiger partial charge < -0.3 is 10.2 Å². The highest BCUT2D eigenvalue weighted by Crippen LogP contribution is 2.33. The SMILES string of the molecule is O=C1c2cccc(N=Nc3c(SOOO)[nH]c(=O)[nH]c3=O)c2C(=O)N1C(O)O. The number of nitrogens with one attached hydrogen (secondary N) is 2. The third kappa shape index (κ3) is 3.48. The highest BCUT2D eigenvalue weighted by atomic mass is 32.2. The molecule has 0 radical (unpaired) electrons. The zero-order valence-electron chi connectivity index (χ0n) is 13.4. The monoisotopic (exact) mass is 411 g/mol. The van der Waals surface area contributed by atoms with Gasteiger partial charge in [-0.3, -0.25) is 24.4 Å². The van der Waals surface area contributed by atoms with Crippen LogP contribution in [-0.2, 0) is 9.37 Å². The Bertz CT molecular complexity index is 1090. The van der Waals surface area contributed by atoms with E-state index in [1.165, 1.54) is 18.2 Å². The number of amides is 2. The number of azo groups is 1. The number of aromatic nitrogens is 2. The first-order chi connectivity index (χ1) is 13.3. The van der Waals surface area contributed by atoms with Crippen molar-refractivity contribution >= 4 is 35.2 Å². The van der Waals surface area contributed by atoms with Crippen molar-refractivity contribution in [3.05, 3.63) is 50.2 Å². The number of benzene rings is 1. The maximum atomic E-state index is 12.3. The van der Waals surface area contributed by atoms with Crippen LogP contribution in [0.1, 0.15) is 20.7 Å². The van der Waals surface area contributed by atoms with Crippen LogP contribution in [0.15, 0.2) is 43.0 Å². The Hall–Kier alpha value is -3.21. The van der Waals surface area contributed by atoms with Crippen LogP contribution in [0, 0.1) is 0 Å². The quantitative estimate of drug-likeness (QED) is 0.0802. The van der Waals surface area contributed by atoms with E-state index in [1.807, 2.05) is 4.98 Å². The van der Waals surface area contributed by atoms with Gasteiger partial charge in [0.1, 0.15) is 5.03 Å². The van der Waals surface area contributed by atoms with Crippen LogP contribution in [0.2, 0.25) is 0 Å². The van der Waals surface area contributed by atoms with E-state index in [9.17, 15) is 29.4 Å². The molecular formula is C13H9N5O9S. The van der Waals surface area contributed by atoms with Crippen molar-refractivity contribution in [2.45, 2.75) is 11.4 Å². The average molecular weight is 411 g/mol. The second-order valence-electron chi connectivity index (χ2n) is 5.04. The fraction of sp³-hybridized carbons (Fsp3) is 0.0769. The number of nitrogens with zero attached hydrogens (tertiary/aromatic N) is 3. The number of hydrogen-bond acceptors (Lipinski definition) is 12. The zero-order valence-corrected chi connectivity index (χ0v) is 14.2. The third-order valence-electron chi connectivity index (χ3n) is 3.45. The number of rotatable bonds is 6. The Balaban J connectivity index is 2.05. The minimum atomic E-state index is -2.35. The van der Waals surface area contributed by atoms with Crippen LogP contribution in [0.5, 0.6) is 0 Å². The number of H-pyrrole nitrogens is 2. The first-order valence-electron chi connectivity index (χ1n) is 7.15. The van der Waals surface area contributed by atoms with Gasteiger partial charge in [0.25, 0.3) is 17.4 Å². The largest absolute Gasteiger partial charge is 0.351 e. The van der Waals surface area contributed by atoms with Crippen molar-refractivity contribution in [1.82, 2.24) is 14.9 Å². The summed E-state index contributed by atoms with van der Waals surface area (Å²) in [5.41, 5.74) is -2.89. The summed E-state index contributed by atoms with van der Waals surface area (Å²) in [5.74, 6) is -1.97. The Morgan fingerprint density at radius 1 is 1.07 bits per heavy atom. The molecule has 0 unspecified atom stereocenters. The lowest BCUT2D eigenvalue weighted by Gasteiger charge is -2.14. The molecule has 1 aliphatic heterocycles. The molecule has 1 aromatic heterocycles. The summed E-state index contributed by atoms with van der Waals surface area (Å²) in [6, 6.07) is 3.93. The van der Waals surface area contributed by atoms with Crippen LogP contribution in [0.4, 0.5) is 11.4 Å². The maximum absolute atomic E-state index is 12.3. The molecule has 1 aromatic carbocycles. The standard InChI is InChI=1S/C13H9N5O9S/c19-8-7(9(28-27-26-25)15-12(22)14-8)17-16-5-3-1-2-4-6(5)11(21)18(10(4)20)13(23)24/h1-3,13,23-25H,(H2,14,15,19,22). The summed E-state index contributed by atoms with van der Waals surface area (Å²) in [7, 11) is 0. The minimum Gasteiger partial charge on any atom is -0.351 e. The molecule has 0 saturated carbocycles. The minimum absolute atomic E-state index is 0.142. The van der Waals surface area contributed by atoms with E-state index in [0.717, 1.165) is 0 Å². The lowest BCUT2D eigenvalue weighted by atomic mass is 10.1. The van der Waals surface area contributed by atoms with Crippen molar-refractivity contribution in [3.63, 3.8) is 0 Å². The molecule has 28 heavy (non-hydrogen) atoms. The van der Waals surface area contributed by atoms with E-state index in [4.69, 9.17) is 5.26 Å². The van der Waals surface area contributed by atoms with Crippen LogP contribution < -0.4 is 11.2 Å². The van der Waals surface area contributed by atoms with Gasteiger partial charge in [-0.1, -0.05) is 11.1 Å². The highest BCUT2D eigenvalue weighted by Gasteiger charge is 2.40. The van der Waals surface area contributed by atoms with Crippen molar-refractivity contribution in [3.8, 4) is 0 Å². The second-order valence-corrected chi connectivity index (χ2v) is 5.75. The summed E-state index contributed by atoms with van der Waals surface area (Å²) < 4.78 is 4.15. The molecule has 2 aromatic rings. The number of fused-ring (bicyclic) bond motifs is 1. The van der Waals surface area contributed by atoms with E-state index in [2.05, 4.69) is 24.6 Å². The van der Waals surface area contributed by atoms with Crippen LogP contribution >= 0.6 is 12.0 Å². The second kappa shape index (κ2) is 7.80. The Kier molecular flexibility index (Phi) is 5.45. The first-order valence-corrected chi connectivity index (χ1v) is 7.89. The van der Waals surface area contributed by atoms with Crippen molar-refractivity contribution < 1.29 is 34.4 Å². The summed E-state index contributed by atoms with van der Waals surface area (Å²) in [4.78, 5) is 52.0. The Morgan fingerprint density at radius 2 is 1.82 bits per heavy atom. The lowest BCUT2D eigenvalue weighted by molar-refractivity contribution is -0.432. The van der Waals surface area contributed by atoms with E-state index in [1.54, 1.807) is 0 Å². The maximum Gasteiger partial charge on any atom is 0.326 e. The predicted octanol–water partition coefficient (Wildman–Crippen LogP) is -0.229. The summed E-state index contributed by atoms with van der Waals surface area (Å²) in [6.45, 7) is 0. The molecule has 15 heteroatoms. The van der Waals surface area contributed by atoms with Crippen molar-refractivity contribution in [2.24, 2.45) is 10.2 Å². The molecule has 14 nitrogen and oxygen atoms in total. The van der Waals surface area contributed by atoms with Crippen LogP contribution in [0.25, 0.3) is 0 Å². The molecule has 2 heterocycles. The molecule has 0 aliphatic carbocycles. The number of aliphatic hydroxyl groups is 2. The molecule has 2 amide bonds. The highest BCUT2D eigenvalue weighted by molar-refractivity contribution is 7.94. The van der Waals surface area contributed by atoms with Gasteiger partial charge in [0.05, 0.1) is 28.9 Å². The smallest absolute Gasteiger partial charge is 0.326 e. The van der Waals surface area contributed by atoms with Gasteiger partial charge in [-0.2, -0.15) is 0 Å². The van der Waals surface area contributed by atoms with Crippen LogP contribution in [-0.4, -0.2) is 48.6 Å². The van der Waals surface area contributed by atoms with E-state index < -0.39 is 35.2 Å². The number of carbonyl (C=O) groups is 2. The Morgan fingerprint density at radius 3 is 2.50 bits per heavy atom. The molecule has 0 saturated heterocycles. The number of hydrogen-bond donors (Lipinski definition) is 5. The topological polar surface area (TPSA) is 207 Å². The van der Waals surface area contributed by atoms with E-state index >= 15 is 0 Å². The first kappa shape index (κ1) is 19.5. The fourth-order valence-corrected chi connectivity index (χ4v) is 2.79. The van der Waals surface area contributed by atoms with Gasteiger partial charge in [0.2, 0.25) is 6.41 Å². The van der Waals surface area contributed by atoms with Gasteiger partial charge in [-0.05, 0) is 12.1 Å². The summed E-state index contributed by atoms with van der Waals surface area (Å²) in [5, 5.41) is 37.1. The molecule has 0 bridgehead atoms.